The van der Waals surface area contributed by atoms with Gasteiger partial charge in [-0.05, 0) is 29.8 Å². The first-order valence-corrected chi connectivity index (χ1v) is 7.65. The third-order valence-electron chi connectivity index (χ3n) is 3.81. The van der Waals surface area contributed by atoms with E-state index in [4.69, 9.17) is 4.74 Å². The van der Waals surface area contributed by atoms with Crippen molar-refractivity contribution in [1.29, 1.82) is 0 Å². The highest BCUT2D eigenvalue weighted by Crippen LogP contribution is 2.15. The van der Waals surface area contributed by atoms with Crippen molar-refractivity contribution < 1.29 is 4.74 Å². The standard InChI is InChI=1S/C16H22N6O/c1-21-9-10-22(2)15(21)12-23-14-5-3-13(4-6-14)11-19-20-16-17-7-8-18-16/h3-6,9-11,15H,7-8,12H2,1-2H3,(H2,17,18,20)/b19-11+. The average molecular weight is 314 g/mol. The van der Waals surface area contributed by atoms with Gasteiger partial charge in [-0.15, -0.1) is 0 Å². The molecule has 7 nitrogen and oxygen atoms in total. The molecule has 0 saturated heterocycles. The molecular weight excluding hydrogens is 292 g/mol. The van der Waals surface area contributed by atoms with E-state index in [0.717, 1.165) is 30.4 Å². The quantitative estimate of drug-likeness (QED) is 0.616. The minimum Gasteiger partial charge on any atom is -0.489 e. The molecule has 3 rings (SSSR count). The fourth-order valence-electron chi connectivity index (χ4n) is 2.39. The molecule has 0 spiro atoms. The van der Waals surface area contributed by atoms with E-state index >= 15 is 0 Å². The molecule has 0 unspecified atom stereocenters. The molecule has 2 heterocycles. The van der Waals surface area contributed by atoms with E-state index in [9.17, 15) is 0 Å². The molecule has 0 aliphatic carbocycles. The summed E-state index contributed by atoms with van der Waals surface area (Å²) in [5.74, 6) is 1.57. The van der Waals surface area contributed by atoms with Gasteiger partial charge in [-0.1, -0.05) is 0 Å². The number of ether oxygens (including phenoxy) is 1. The molecule has 2 aliphatic heterocycles. The predicted molar refractivity (Wildman–Crippen MR) is 91.4 cm³/mol. The van der Waals surface area contributed by atoms with Crippen LogP contribution in [0.3, 0.4) is 0 Å². The number of likely N-dealkylation sites (N-methyl/N-ethyl adjacent to an activating group) is 2. The first-order valence-electron chi connectivity index (χ1n) is 7.65. The Labute approximate surface area is 136 Å². The van der Waals surface area contributed by atoms with E-state index in [1.165, 1.54) is 0 Å². The third kappa shape index (κ3) is 3.94. The summed E-state index contributed by atoms with van der Waals surface area (Å²) in [5.41, 5.74) is 3.88. The summed E-state index contributed by atoms with van der Waals surface area (Å²) in [6.45, 7) is 2.27. The Morgan fingerprint density at radius 1 is 1.30 bits per heavy atom. The molecule has 0 bridgehead atoms. The zero-order valence-electron chi connectivity index (χ0n) is 13.4. The number of hydrogen-bond acceptors (Lipinski definition) is 7. The van der Waals surface area contributed by atoms with E-state index in [-0.39, 0.29) is 6.17 Å². The van der Waals surface area contributed by atoms with Crippen LogP contribution in [-0.4, -0.2) is 61.9 Å². The Morgan fingerprint density at radius 3 is 2.70 bits per heavy atom. The highest BCUT2D eigenvalue weighted by molar-refractivity contribution is 5.84. The van der Waals surface area contributed by atoms with Gasteiger partial charge in [-0.3, -0.25) is 0 Å². The number of nitrogens with one attached hydrogen (secondary N) is 2. The van der Waals surface area contributed by atoms with Crippen LogP contribution in [0.15, 0.2) is 46.8 Å². The van der Waals surface area contributed by atoms with Crippen LogP contribution >= 0.6 is 0 Å². The van der Waals surface area contributed by atoms with Gasteiger partial charge >= 0.3 is 0 Å². The second-order valence-electron chi connectivity index (χ2n) is 5.52. The molecular formula is C16H22N6O. The lowest BCUT2D eigenvalue weighted by Crippen LogP contribution is -2.39. The Balaban J connectivity index is 1.48. The molecule has 0 atom stereocenters. The van der Waals surface area contributed by atoms with Crippen molar-refractivity contribution in [1.82, 2.24) is 20.5 Å². The molecule has 7 heteroatoms. The van der Waals surface area contributed by atoms with Crippen molar-refractivity contribution in [2.45, 2.75) is 6.17 Å². The summed E-state index contributed by atoms with van der Waals surface area (Å²) < 4.78 is 5.86. The monoisotopic (exact) mass is 314 g/mol. The fraction of sp³-hybridized carbons (Fsp3) is 0.375. The van der Waals surface area contributed by atoms with Crippen LogP contribution < -0.4 is 15.5 Å². The topological polar surface area (TPSA) is 64.5 Å². The summed E-state index contributed by atoms with van der Waals surface area (Å²) in [6, 6.07) is 7.86. The average Bonchev–Trinajstić information content (AvgIpc) is 3.18. The maximum absolute atomic E-state index is 5.86. The van der Waals surface area contributed by atoms with Crippen molar-refractivity contribution in [3.63, 3.8) is 0 Å². The summed E-state index contributed by atoms with van der Waals surface area (Å²) in [4.78, 5) is 8.47. The molecule has 1 aromatic rings. The van der Waals surface area contributed by atoms with E-state index in [2.05, 4.69) is 30.6 Å². The van der Waals surface area contributed by atoms with Gasteiger partial charge in [0.1, 0.15) is 18.5 Å². The largest absolute Gasteiger partial charge is 0.489 e. The van der Waals surface area contributed by atoms with Crippen LogP contribution in [0.25, 0.3) is 0 Å². The molecule has 122 valence electrons. The molecule has 0 aromatic heterocycles. The minimum absolute atomic E-state index is 0.236. The summed E-state index contributed by atoms with van der Waals surface area (Å²) in [7, 11) is 4.09. The van der Waals surface area contributed by atoms with E-state index in [0.29, 0.717) is 6.61 Å². The Bertz CT molecular complexity index is 598. The lowest BCUT2D eigenvalue weighted by atomic mass is 10.2. The van der Waals surface area contributed by atoms with Gasteiger partial charge in [0.15, 0.2) is 0 Å². The summed E-state index contributed by atoms with van der Waals surface area (Å²) in [5, 5.41) is 7.25. The lowest BCUT2D eigenvalue weighted by Gasteiger charge is -2.27. The number of nitrogens with zero attached hydrogens (tertiary/aromatic N) is 4. The third-order valence-corrected chi connectivity index (χ3v) is 3.81. The van der Waals surface area contributed by atoms with E-state index in [1.807, 2.05) is 50.8 Å². The van der Waals surface area contributed by atoms with Gasteiger partial charge in [0.05, 0.1) is 12.8 Å². The second kappa shape index (κ2) is 7.04. The summed E-state index contributed by atoms with van der Waals surface area (Å²) in [6.07, 6.45) is 6.09. The van der Waals surface area contributed by atoms with E-state index in [1.54, 1.807) is 6.21 Å². The molecule has 1 aromatic carbocycles. The number of aliphatic imine (C=N–C) groups is 1. The van der Waals surface area contributed by atoms with Gasteiger partial charge in [0.2, 0.25) is 5.96 Å². The van der Waals surface area contributed by atoms with E-state index < -0.39 is 0 Å². The van der Waals surface area contributed by atoms with Crippen LogP contribution in [0, 0.1) is 0 Å². The number of guanidine groups is 1. The van der Waals surface area contributed by atoms with Crippen LogP contribution in [-0.2, 0) is 0 Å². The number of hydrogen-bond donors (Lipinski definition) is 2. The van der Waals surface area contributed by atoms with Crippen LogP contribution in [0.1, 0.15) is 5.56 Å². The summed E-state index contributed by atoms with van der Waals surface area (Å²) >= 11 is 0. The van der Waals surface area contributed by atoms with Gasteiger partial charge < -0.3 is 19.9 Å². The molecule has 0 saturated carbocycles. The molecule has 0 radical (unpaired) electrons. The smallest absolute Gasteiger partial charge is 0.212 e. The Hall–Kier alpha value is -2.70. The number of rotatable bonds is 5. The van der Waals surface area contributed by atoms with Crippen LogP contribution in [0.5, 0.6) is 5.75 Å². The van der Waals surface area contributed by atoms with Gasteiger partial charge in [-0.25, -0.2) is 10.4 Å². The van der Waals surface area contributed by atoms with Gasteiger partial charge in [0.25, 0.3) is 0 Å². The van der Waals surface area contributed by atoms with Crippen LogP contribution in [0.4, 0.5) is 0 Å². The minimum atomic E-state index is 0.236. The van der Waals surface area contributed by atoms with Gasteiger partial charge in [-0.2, -0.15) is 5.10 Å². The number of hydrazone groups is 1. The molecule has 23 heavy (non-hydrogen) atoms. The number of benzene rings is 1. The van der Waals surface area contributed by atoms with Crippen molar-refractivity contribution in [2.24, 2.45) is 10.1 Å². The highest BCUT2D eigenvalue weighted by atomic mass is 16.5. The van der Waals surface area contributed by atoms with Crippen molar-refractivity contribution in [3.05, 3.63) is 42.2 Å². The van der Waals surface area contributed by atoms with Gasteiger partial charge in [0, 0.05) is 33.0 Å². The second-order valence-corrected chi connectivity index (χ2v) is 5.52. The van der Waals surface area contributed by atoms with Crippen molar-refractivity contribution in [2.75, 3.05) is 33.8 Å². The molecule has 0 amide bonds. The normalized spacial score (nSPS) is 17.7. The first-order chi connectivity index (χ1) is 11.2. The SMILES string of the molecule is CN1C=CN(C)C1COc1ccc(/C=N/NC2=NCCN2)cc1. The molecule has 2 aliphatic rings. The van der Waals surface area contributed by atoms with Crippen LogP contribution in [0.2, 0.25) is 0 Å². The predicted octanol–water partition coefficient (Wildman–Crippen LogP) is 0.623. The Morgan fingerprint density at radius 2 is 2.04 bits per heavy atom. The molecule has 0 fully saturated rings. The maximum Gasteiger partial charge on any atom is 0.212 e. The zero-order chi connectivity index (χ0) is 16.1. The molecule has 2 N–H and O–H groups in total. The maximum atomic E-state index is 5.86. The highest BCUT2D eigenvalue weighted by Gasteiger charge is 2.20. The fourth-order valence-corrected chi connectivity index (χ4v) is 2.39. The Kier molecular flexibility index (Phi) is 4.65. The van der Waals surface area contributed by atoms with Crippen molar-refractivity contribution >= 4 is 12.2 Å². The zero-order valence-corrected chi connectivity index (χ0v) is 13.4. The lowest BCUT2D eigenvalue weighted by molar-refractivity contribution is 0.126. The van der Waals surface area contributed by atoms with Crippen molar-refractivity contribution in [3.8, 4) is 5.75 Å². The first kappa shape index (κ1) is 15.2.